The number of allylic oxidation sites excluding steroid dienone is 1. The van der Waals surface area contributed by atoms with Crippen LogP contribution in [0.25, 0.3) is 32.8 Å². The van der Waals surface area contributed by atoms with Crippen molar-refractivity contribution in [2.24, 2.45) is 0 Å². The molecule has 0 saturated carbocycles. The van der Waals surface area contributed by atoms with Crippen LogP contribution in [-0.4, -0.2) is 12.6 Å². The number of rotatable bonds is 2. The van der Waals surface area contributed by atoms with E-state index in [9.17, 15) is 0 Å². The van der Waals surface area contributed by atoms with Crippen LogP contribution in [0.3, 0.4) is 0 Å². The molecule has 1 aromatic heterocycles. The third kappa shape index (κ3) is 6.00. The summed E-state index contributed by atoms with van der Waals surface area (Å²) in [5, 5.41) is 4.42. The third-order valence-electron chi connectivity index (χ3n) is 9.14. The zero-order valence-electron chi connectivity index (χ0n) is 26.9. The average Bonchev–Trinajstić information content (AvgIpc) is 3.57. The van der Waals surface area contributed by atoms with Gasteiger partial charge in [-0.15, -0.1) is 28.5 Å². The van der Waals surface area contributed by atoms with Crippen molar-refractivity contribution in [1.29, 1.82) is 0 Å². The summed E-state index contributed by atoms with van der Waals surface area (Å²) in [5.41, 5.74) is 15.1. The van der Waals surface area contributed by atoms with Gasteiger partial charge < -0.3 is 29.4 Å². The average molecular weight is 703 g/mol. The van der Waals surface area contributed by atoms with Crippen LogP contribution in [0, 0.1) is 20.8 Å². The Morgan fingerprint density at radius 1 is 0.791 bits per heavy atom. The van der Waals surface area contributed by atoms with Gasteiger partial charge in [-0.1, -0.05) is 106 Å². The van der Waals surface area contributed by atoms with E-state index in [4.69, 9.17) is 0 Å². The summed E-state index contributed by atoms with van der Waals surface area (Å²) in [7, 11) is -1.19. The fraction of sp³-hybridized carbons (Fsp3) is 0.289. The molecule has 4 aromatic carbocycles. The maximum absolute atomic E-state index is 2.52. The van der Waals surface area contributed by atoms with Crippen LogP contribution < -0.4 is 24.8 Å². The Morgan fingerprint density at radius 3 is 2.00 bits per heavy atom. The van der Waals surface area contributed by atoms with Crippen LogP contribution in [0.15, 0.2) is 90.5 Å². The smallest absolute Gasteiger partial charge is 1.00 e. The Bertz CT molecular complexity index is 1780. The van der Waals surface area contributed by atoms with Gasteiger partial charge in [0.05, 0.1) is 8.07 Å². The molecule has 0 saturated heterocycles. The number of benzene rings is 3. The molecule has 0 N–H and O–H groups in total. The molecule has 8 rings (SSSR count). The van der Waals surface area contributed by atoms with Gasteiger partial charge in [0.2, 0.25) is 0 Å². The van der Waals surface area contributed by atoms with E-state index in [0.29, 0.717) is 0 Å². The molecule has 0 spiro atoms. The van der Waals surface area contributed by atoms with Crippen molar-refractivity contribution in [3.8, 4) is 16.8 Å². The zero-order chi connectivity index (χ0) is 28.6. The Hall–Kier alpha value is -2.03. The van der Waals surface area contributed by atoms with Crippen LogP contribution in [0.5, 0.6) is 0 Å². The molecule has 2 aliphatic heterocycles. The monoisotopic (exact) mass is 700 g/mol. The number of aromatic nitrogens is 1. The van der Waals surface area contributed by atoms with E-state index >= 15 is 0 Å². The van der Waals surface area contributed by atoms with E-state index < -0.39 is 8.07 Å². The zero-order valence-corrected chi connectivity index (χ0v) is 31.8. The van der Waals surface area contributed by atoms with E-state index in [2.05, 4.69) is 151 Å². The molecule has 1 atom stereocenters. The van der Waals surface area contributed by atoms with Crippen molar-refractivity contribution in [3.05, 3.63) is 124 Å². The van der Waals surface area contributed by atoms with Gasteiger partial charge in [-0.05, 0) is 66.3 Å². The number of aryl methyl sites for hydroxylation is 3. The normalized spacial score (nSPS) is 15.8. The molecule has 221 valence electrons. The summed E-state index contributed by atoms with van der Waals surface area (Å²) in [6.45, 7) is 20.7. The Morgan fingerprint density at radius 2 is 1.42 bits per heavy atom. The van der Waals surface area contributed by atoms with Crippen molar-refractivity contribution in [1.82, 2.24) is 4.57 Å². The largest absolute Gasteiger partial charge is 3.00 e. The molecule has 5 aromatic rings. The summed E-state index contributed by atoms with van der Waals surface area (Å²) in [5.74, 6) is 0. The number of nitrogens with zero attached hydrogens (tertiary/aromatic N) is 1. The maximum atomic E-state index is 2.52. The quantitative estimate of drug-likeness (QED) is 0.187. The Labute approximate surface area is 291 Å². The van der Waals surface area contributed by atoms with Gasteiger partial charge in [-0.25, -0.2) is 0 Å². The van der Waals surface area contributed by atoms with E-state index in [0.717, 1.165) is 5.54 Å². The van der Waals surface area contributed by atoms with Crippen molar-refractivity contribution >= 4 is 24.0 Å². The number of hydrogen-bond acceptors (Lipinski definition) is 0. The first-order valence-electron chi connectivity index (χ1n) is 14.7. The van der Waals surface area contributed by atoms with Crippen molar-refractivity contribution in [2.75, 3.05) is 0 Å². The standard InChI is InChI=1S/C21H23.C17H19NSi.2ClH.Zr/c1-14-10-17-11-15(2)13-20(17)19(12-14)16-6-8-18(9-7-16)21(3,4)5;1-11-10-14-15(17-12(2)16(14)19(17,3)4)18(11)13-8-6-5-7-9-13;;;/h6-13H,1-5H3;5-10,16H,1-4H3;2*1H;/q-1;;;;+3/p-2. The molecule has 5 heteroatoms. The fourth-order valence-corrected chi connectivity index (χ4v) is 11.7. The first kappa shape index (κ1) is 35.4. The number of hydrogen-bond donors (Lipinski definition) is 0. The molecule has 43 heavy (non-hydrogen) atoms. The van der Waals surface area contributed by atoms with Crippen LogP contribution >= 0.6 is 0 Å². The second kappa shape index (κ2) is 12.8. The second-order valence-electron chi connectivity index (χ2n) is 13.6. The number of para-hydroxylation sites is 1. The van der Waals surface area contributed by atoms with E-state index in [1.165, 1.54) is 55.7 Å². The molecular formula is C38H42Cl2NSiZr. The molecule has 1 unspecified atom stereocenters. The van der Waals surface area contributed by atoms with Gasteiger partial charge in [0.15, 0.2) is 0 Å². The molecule has 3 heterocycles. The third-order valence-corrected chi connectivity index (χ3v) is 13.3. The maximum Gasteiger partial charge on any atom is 3.00 e. The Balaban J connectivity index is 0.000000221. The summed E-state index contributed by atoms with van der Waals surface area (Å²) >= 11 is 0. The van der Waals surface area contributed by atoms with Crippen LogP contribution in [0.4, 0.5) is 0 Å². The Kier molecular flexibility index (Phi) is 10.5. The SMILES string of the molecule is CC1=C2c3c(cc(C)n3-c3ccccc3)C1[Si]2(C)C.Cc1cc(-c2ccc(C(C)(C)C)cc2)c2cc(C)[cH-]c2c1.[Cl-].[Cl-].[Zr+3]. The van der Waals surface area contributed by atoms with Crippen LogP contribution in [0.2, 0.25) is 13.1 Å². The summed E-state index contributed by atoms with van der Waals surface area (Å²) in [4.78, 5) is 0. The van der Waals surface area contributed by atoms with Gasteiger partial charge in [-0.3, -0.25) is 0 Å². The molecule has 1 radical (unpaired) electrons. The van der Waals surface area contributed by atoms with E-state index in [1.807, 2.05) is 0 Å². The topological polar surface area (TPSA) is 4.93 Å². The minimum Gasteiger partial charge on any atom is -1.00 e. The second-order valence-corrected chi connectivity index (χ2v) is 18.2. The minimum absolute atomic E-state index is 0. The van der Waals surface area contributed by atoms with Crippen LogP contribution in [0.1, 0.15) is 66.9 Å². The fourth-order valence-electron chi connectivity index (χ4n) is 7.43. The molecule has 3 aliphatic rings. The predicted octanol–water partition coefficient (Wildman–Crippen LogP) is 4.60. The molecule has 0 fully saturated rings. The molecule has 0 amide bonds. The number of fused-ring (bicyclic) bond motifs is 1. The molecule has 1 nitrogen and oxygen atoms in total. The molecule has 1 aliphatic carbocycles. The van der Waals surface area contributed by atoms with E-state index in [1.54, 1.807) is 16.3 Å². The van der Waals surface area contributed by atoms with Crippen molar-refractivity contribution < 1.29 is 51.0 Å². The minimum atomic E-state index is -1.19. The van der Waals surface area contributed by atoms with Crippen LogP contribution in [-0.2, 0) is 31.6 Å². The van der Waals surface area contributed by atoms with E-state index in [-0.39, 0.29) is 56.4 Å². The van der Waals surface area contributed by atoms with Gasteiger partial charge in [0, 0.05) is 22.6 Å². The van der Waals surface area contributed by atoms with Crippen molar-refractivity contribution in [2.45, 2.75) is 72.5 Å². The van der Waals surface area contributed by atoms with Gasteiger partial charge in [0.1, 0.15) is 0 Å². The van der Waals surface area contributed by atoms with Gasteiger partial charge in [0.25, 0.3) is 0 Å². The molecular weight excluding hydrogens is 661 g/mol. The van der Waals surface area contributed by atoms with Gasteiger partial charge in [-0.2, -0.15) is 6.07 Å². The predicted molar refractivity (Wildman–Crippen MR) is 176 cm³/mol. The van der Waals surface area contributed by atoms with Gasteiger partial charge >= 0.3 is 26.2 Å². The number of halogens is 2. The summed E-state index contributed by atoms with van der Waals surface area (Å²) in [6, 6.07) is 31.4. The first-order valence-corrected chi connectivity index (χ1v) is 17.7. The summed E-state index contributed by atoms with van der Waals surface area (Å²) in [6.07, 6.45) is 0. The summed E-state index contributed by atoms with van der Waals surface area (Å²) < 4.78 is 2.47. The van der Waals surface area contributed by atoms with Crippen molar-refractivity contribution in [3.63, 3.8) is 0 Å². The molecule has 2 bridgehead atoms. The first-order chi connectivity index (χ1) is 18.9.